The van der Waals surface area contributed by atoms with Gasteiger partial charge in [0.05, 0.1) is 11.6 Å². The fourth-order valence-corrected chi connectivity index (χ4v) is 2.03. The Morgan fingerprint density at radius 3 is 3.05 bits per heavy atom. The molecule has 1 N–H and O–H groups in total. The number of fused-ring (bicyclic) bond motifs is 1. The molecule has 0 amide bonds. The summed E-state index contributed by atoms with van der Waals surface area (Å²) in [5.41, 5.74) is 9.90. The van der Waals surface area contributed by atoms with Crippen LogP contribution in [0, 0.1) is 11.3 Å². The maximum absolute atomic E-state index is 9.32. The number of aromatic nitrogens is 1. The summed E-state index contributed by atoms with van der Waals surface area (Å²) in [4.78, 5) is 7.04. The molecule has 0 saturated carbocycles. The zero-order valence-corrected chi connectivity index (χ0v) is 10.9. The van der Waals surface area contributed by atoms with Crippen LogP contribution in [0.1, 0.15) is 18.0 Å². The Balaban J connectivity index is 2.14. The van der Waals surface area contributed by atoms with E-state index in [1.807, 2.05) is 30.3 Å². The zero-order chi connectivity index (χ0) is 14.2. The minimum Gasteiger partial charge on any atom is -0.298 e. The van der Waals surface area contributed by atoms with Crippen molar-refractivity contribution in [2.24, 2.45) is 5.11 Å². The van der Waals surface area contributed by atoms with Crippen molar-refractivity contribution >= 4 is 10.9 Å². The summed E-state index contributed by atoms with van der Waals surface area (Å²) in [5.74, 6) is 0. The molecule has 1 atom stereocenters. The molecule has 0 radical (unpaired) electrons. The Labute approximate surface area is 116 Å². The van der Waals surface area contributed by atoms with E-state index in [0.29, 0.717) is 19.5 Å². The normalized spacial score (nSPS) is 11.6. The number of para-hydroxylation sites is 1. The summed E-state index contributed by atoms with van der Waals surface area (Å²) < 4.78 is 0. The van der Waals surface area contributed by atoms with Gasteiger partial charge in [-0.1, -0.05) is 29.4 Å². The van der Waals surface area contributed by atoms with Crippen molar-refractivity contribution in [3.63, 3.8) is 0 Å². The monoisotopic (exact) mass is 266 g/mol. The summed E-state index contributed by atoms with van der Waals surface area (Å²) in [6.45, 7) is 1.04. The fraction of sp³-hybridized carbons (Fsp3) is 0.286. The van der Waals surface area contributed by atoms with Crippen LogP contribution in [0.5, 0.6) is 0 Å². The maximum Gasteiger partial charge on any atom is 0.123 e. The first kappa shape index (κ1) is 13.8. The van der Waals surface area contributed by atoms with Gasteiger partial charge in [-0.15, -0.1) is 0 Å². The molecular weight excluding hydrogens is 252 g/mol. The number of nitrogens with zero attached hydrogens (tertiary/aromatic N) is 5. The maximum atomic E-state index is 9.32. The smallest absolute Gasteiger partial charge is 0.123 e. The number of hydrogen-bond donors (Lipinski definition) is 1. The molecule has 0 bridgehead atoms. The number of nitriles is 1. The van der Waals surface area contributed by atoms with E-state index in [0.717, 1.165) is 16.5 Å². The van der Waals surface area contributed by atoms with Crippen LogP contribution in [0.25, 0.3) is 21.3 Å². The van der Waals surface area contributed by atoms with Crippen molar-refractivity contribution in [3.05, 3.63) is 52.5 Å². The second-order valence-corrected chi connectivity index (χ2v) is 4.25. The van der Waals surface area contributed by atoms with Crippen molar-refractivity contribution < 1.29 is 0 Å². The summed E-state index contributed by atoms with van der Waals surface area (Å²) >= 11 is 0. The van der Waals surface area contributed by atoms with Crippen LogP contribution in [0.2, 0.25) is 0 Å². The van der Waals surface area contributed by atoms with Crippen LogP contribution in [-0.4, -0.2) is 18.1 Å². The van der Waals surface area contributed by atoms with Crippen LogP contribution in [-0.2, 0) is 0 Å². The third kappa shape index (κ3) is 3.23. The molecule has 6 heteroatoms. The SMILES string of the molecule is N#CC(NCCCN=[N+]=[N-])c1cccc2cccnc12. The van der Waals surface area contributed by atoms with Gasteiger partial charge in [0.25, 0.3) is 0 Å². The molecule has 1 aromatic heterocycles. The first-order chi connectivity index (χ1) is 9.86. The minimum atomic E-state index is -0.417. The molecule has 6 nitrogen and oxygen atoms in total. The highest BCUT2D eigenvalue weighted by molar-refractivity contribution is 5.82. The number of rotatable bonds is 6. The summed E-state index contributed by atoms with van der Waals surface area (Å²) in [7, 11) is 0. The Morgan fingerprint density at radius 1 is 1.40 bits per heavy atom. The predicted octanol–water partition coefficient (Wildman–Crippen LogP) is 3.09. The van der Waals surface area contributed by atoms with Crippen LogP contribution in [0.3, 0.4) is 0 Å². The average molecular weight is 266 g/mol. The second-order valence-electron chi connectivity index (χ2n) is 4.25. The van der Waals surface area contributed by atoms with E-state index in [1.54, 1.807) is 6.20 Å². The van der Waals surface area contributed by atoms with Crippen LogP contribution in [0.15, 0.2) is 41.6 Å². The van der Waals surface area contributed by atoms with Gasteiger partial charge < -0.3 is 0 Å². The largest absolute Gasteiger partial charge is 0.298 e. The number of pyridine rings is 1. The highest BCUT2D eigenvalue weighted by Gasteiger charge is 2.13. The lowest BCUT2D eigenvalue weighted by molar-refractivity contribution is 0.609. The minimum absolute atomic E-state index is 0.417. The van der Waals surface area contributed by atoms with E-state index in [4.69, 9.17) is 5.53 Å². The molecule has 1 heterocycles. The Bertz CT molecular complexity index is 663. The number of benzene rings is 1. The third-order valence-electron chi connectivity index (χ3n) is 2.95. The fourth-order valence-electron chi connectivity index (χ4n) is 2.03. The van der Waals surface area contributed by atoms with Gasteiger partial charge in [0.1, 0.15) is 6.04 Å². The molecule has 100 valence electrons. The lowest BCUT2D eigenvalue weighted by atomic mass is 10.0. The predicted molar refractivity (Wildman–Crippen MR) is 76.7 cm³/mol. The zero-order valence-electron chi connectivity index (χ0n) is 10.9. The molecule has 0 spiro atoms. The highest BCUT2D eigenvalue weighted by atomic mass is 15.1. The molecule has 0 aliphatic heterocycles. The van der Waals surface area contributed by atoms with Gasteiger partial charge in [-0.05, 0) is 24.6 Å². The molecule has 0 saturated heterocycles. The molecule has 2 aromatic rings. The van der Waals surface area contributed by atoms with E-state index in [-0.39, 0.29) is 0 Å². The van der Waals surface area contributed by atoms with Gasteiger partial charge in [0.15, 0.2) is 0 Å². The van der Waals surface area contributed by atoms with Crippen molar-refractivity contribution in [1.29, 1.82) is 5.26 Å². The van der Waals surface area contributed by atoms with E-state index in [2.05, 4.69) is 26.4 Å². The number of nitrogens with one attached hydrogen (secondary N) is 1. The Morgan fingerprint density at radius 2 is 2.25 bits per heavy atom. The van der Waals surface area contributed by atoms with Gasteiger partial charge in [0, 0.05) is 28.6 Å². The lowest BCUT2D eigenvalue weighted by Crippen LogP contribution is -2.22. The van der Waals surface area contributed by atoms with Crippen molar-refractivity contribution in [1.82, 2.24) is 10.3 Å². The van der Waals surface area contributed by atoms with Crippen LogP contribution < -0.4 is 5.32 Å². The summed E-state index contributed by atoms with van der Waals surface area (Å²) in [6.07, 6.45) is 2.42. The van der Waals surface area contributed by atoms with Crippen LogP contribution in [0.4, 0.5) is 0 Å². The Hall–Kier alpha value is -2.61. The first-order valence-corrected chi connectivity index (χ1v) is 6.34. The van der Waals surface area contributed by atoms with E-state index < -0.39 is 6.04 Å². The molecule has 1 aromatic carbocycles. The van der Waals surface area contributed by atoms with Crippen molar-refractivity contribution in [3.8, 4) is 6.07 Å². The molecule has 2 rings (SSSR count). The number of hydrogen-bond acceptors (Lipinski definition) is 4. The van der Waals surface area contributed by atoms with Gasteiger partial charge in [0.2, 0.25) is 0 Å². The van der Waals surface area contributed by atoms with Crippen LogP contribution >= 0.6 is 0 Å². The summed E-state index contributed by atoms with van der Waals surface area (Å²) in [5, 5.41) is 16.9. The molecule has 0 aliphatic rings. The summed E-state index contributed by atoms with van der Waals surface area (Å²) in [6, 6.07) is 11.5. The molecule has 0 aliphatic carbocycles. The second kappa shape index (κ2) is 7.10. The molecule has 1 unspecified atom stereocenters. The number of azide groups is 1. The standard InChI is InChI=1S/C14H14N6/c15-10-13(17-8-3-9-19-20-16)12-6-1-4-11-5-2-7-18-14(11)12/h1-2,4-7,13,17H,3,8-9H2. The highest BCUT2D eigenvalue weighted by Crippen LogP contribution is 2.21. The van der Waals surface area contributed by atoms with Gasteiger partial charge in [-0.3, -0.25) is 10.3 Å². The van der Waals surface area contributed by atoms with E-state index >= 15 is 0 Å². The van der Waals surface area contributed by atoms with Crippen molar-refractivity contribution in [2.45, 2.75) is 12.5 Å². The Kier molecular flexibility index (Phi) is 4.90. The quantitative estimate of drug-likeness (QED) is 0.376. The molecule has 0 fully saturated rings. The third-order valence-corrected chi connectivity index (χ3v) is 2.95. The van der Waals surface area contributed by atoms with Crippen molar-refractivity contribution in [2.75, 3.05) is 13.1 Å². The van der Waals surface area contributed by atoms with E-state index in [9.17, 15) is 5.26 Å². The molecule has 20 heavy (non-hydrogen) atoms. The first-order valence-electron chi connectivity index (χ1n) is 6.34. The molecular formula is C14H14N6. The van der Waals surface area contributed by atoms with E-state index in [1.165, 1.54) is 0 Å². The lowest BCUT2D eigenvalue weighted by Gasteiger charge is -2.13. The van der Waals surface area contributed by atoms with Gasteiger partial charge >= 0.3 is 0 Å². The van der Waals surface area contributed by atoms with Gasteiger partial charge in [-0.25, -0.2) is 0 Å². The topological polar surface area (TPSA) is 97.5 Å². The van der Waals surface area contributed by atoms with Gasteiger partial charge in [-0.2, -0.15) is 5.26 Å². The average Bonchev–Trinajstić information content (AvgIpc) is 2.51.